The molecule has 4 aromatic rings. The maximum atomic E-state index is 13.1. The molecule has 1 N–H and O–H groups in total. The maximum absolute atomic E-state index is 13.1. The Balaban J connectivity index is 1.31. The molecule has 37 heavy (non-hydrogen) atoms. The molecule has 0 unspecified atom stereocenters. The molecule has 0 bridgehead atoms. The van der Waals surface area contributed by atoms with E-state index in [2.05, 4.69) is 25.4 Å². The molecule has 10 nitrogen and oxygen atoms in total. The topological polar surface area (TPSA) is 107 Å². The minimum atomic E-state index is -0.126. The number of nitrogens with zero attached hydrogens (tertiary/aromatic N) is 5. The first kappa shape index (κ1) is 23.5. The van der Waals surface area contributed by atoms with Gasteiger partial charge in [0.1, 0.15) is 19.0 Å². The number of hydrogen-bond donors (Lipinski definition) is 1. The first-order valence-electron chi connectivity index (χ1n) is 12.7. The first-order valence-corrected chi connectivity index (χ1v) is 12.7. The standard InChI is InChI=1S/C27H30N6O4/c1-35-22-8-6-18(7-9-22)15-32(17-26-29-30-31-33(26)21-4-2-3-5-21)16-20-12-19-13-24-25(37-11-10-36-24)14-23(19)28-27(20)34/h6-9,12-14,21H,2-5,10-11,15-17H2,1H3,(H,28,34). The summed E-state index contributed by atoms with van der Waals surface area (Å²) in [6, 6.07) is 14.0. The van der Waals surface area contributed by atoms with E-state index in [9.17, 15) is 4.79 Å². The number of rotatable bonds is 8. The van der Waals surface area contributed by atoms with Gasteiger partial charge in [0.2, 0.25) is 0 Å². The van der Waals surface area contributed by atoms with E-state index in [4.69, 9.17) is 14.2 Å². The maximum Gasteiger partial charge on any atom is 0.252 e. The highest BCUT2D eigenvalue weighted by Gasteiger charge is 2.23. The summed E-state index contributed by atoms with van der Waals surface area (Å²) in [5.41, 5.74) is 2.37. The second-order valence-corrected chi connectivity index (χ2v) is 9.68. The molecule has 0 saturated heterocycles. The van der Waals surface area contributed by atoms with E-state index in [1.807, 2.05) is 47.1 Å². The molecule has 0 radical (unpaired) electrons. The molecule has 2 aromatic carbocycles. The number of tetrazole rings is 1. The smallest absolute Gasteiger partial charge is 0.252 e. The summed E-state index contributed by atoms with van der Waals surface area (Å²) in [5.74, 6) is 2.97. The van der Waals surface area contributed by atoms with E-state index in [-0.39, 0.29) is 5.56 Å². The quantitative estimate of drug-likeness (QED) is 0.389. The van der Waals surface area contributed by atoms with Crippen LogP contribution >= 0.6 is 0 Å². The second-order valence-electron chi connectivity index (χ2n) is 9.68. The van der Waals surface area contributed by atoms with Gasteiger partial charge in [-0.15, -0.1) is 5.10 Å². The third-order valence-corrected chi connectivity index (χ3v) is 7.14. The fourth-order valence-corrected chi connectivity index (χ4v) is 5.25. The Labute approximate surface area is 214 Å². The Morgan fingerprint density at radius 2 is 1.78 bits per heavy atom. The van der Waals surface area contributed by atoms with Gasteiger partial charge in [-0.3, -0.25) is 9.69 Å². The summed E-state index contributed by atoms with van der Waals surface area (Å²) in [5, 5.41) is 13.5. The SMILES string of the molecule is COc1ccc(CN(Cc2cc3cc4c(cc3[nH]c2=O)OCCO4)Cc2nnnn2C2CCCC2)cc1. The van der Waals surface area contributed by atoms with Crippen molar-refractivity contribution in [2.75, 3.05) is 20.3 Å². The van der Waals surface area contributed by atoms with Crippen molar-refractivity contribution in [2.45, 2.75) is 51.4 Å². The van der Waals surface area contributed by atoms with E-state index in [1.54, 1.807) is 7.11 Å². The van der Waals surface area contributed by atoms with Crippen molar-refractivity contribution >= 4 is 10.9 Å². The van der Waals surface area contributed by atoms with Gasteiger partial charge in [-0.1, -0.05) is 25.0 Å². The first-order chi connectivity index (χ1) is 18.2. The molecule has 10 heteroatoms. The van der Waals surface area contributed by atoms with Crippen LogP contribution in [0.25, 0.3) is 10.9 Å². The minimum absolute atomic E-state index is 0.126. The van der Waals surface area contributed by atoms with E-state index in [0.717, 1.165) is 40.9 Å². The number of hydrogen-bond acceptors (Lipinski definition) is 8. The van der Waals surface area contributed by atoms with Crippen LogP contribution in [0.3, 0.4) is 0 Å². The number of pyridine rings is 1. The zero-order valence-corrected chi connectivity index (χ0v) is 20.9. The van der Waals surface area contributed by atoms with Crippen molar-refractivity contribution in [1.82, 2.24) is 30.1 Å². The molecule has 3 heterocycles. The average Bonchev–Trinajstić information content (AvgIpc) is 3.61. The van der Waals surface area contributed by atoms with Crippen LogP contribution in [0, 0.1) is 0 Å². The third-order valence-electron chi connectivity index (χ3n) is 7.14. The Kier molecular flexibility index (Phi) is 6.48. The molecule has 192 valence electrons. The van der Waals surface area contributed by atoms with Gasteiger partial charge >= 0.3 is 0 Å². The highest BCUT2D eigenvalue weighted by atomic mass is 16.6. The molecule has 0 atom stereocenters. The van der Waals surface area contributed by atoms with Crippen LogP contribution in [-0.2, 0) is 19.6 Å². The van der Waals surface area contributed by atoms with Gasteiger partial charge < -0.3 is 19.2 Å². The van der Waals surface area contributed by atoms with Crippen LogP contribution < -0.4 is 19.8 Å². The monoisotopic (exact) mass is 502 g/mol. The number of aromatic nitrogens is 5. The Morgan fingerprint density at radius 3 is 2.54 bits per heavy atom. The predicted molar refractivity (Wildman–Crippen MR) is 137 cm³/mol. The second kappa shape index (κ2) is 10.2. The van der Waals surface area contributed by atoms with Crippen LogP contribution in [0.5, 0.6) is 17.2 Å². The molecule has 1 aliphatic carbocycles. The Bertz CT molecular complexity index is 1440. The molecule has 6 rings (SSSR count). The van der Waals surface area contributed by atoms with Gasteiger partial charge in [0.25, 0.3) is 5.56 Å². The predicted octanol–water partition coefficient (Wildman–Crippen LogP) is 3.61. The molecule has 1 saturated carbocycles. The van der Waals surface area contributed by atoms with Gasteiger partial charge in [0.05, 0.1) is 25.2 Å². The average molecular weight is 503 g/mol. The molecule has 2 aromatic heterocycles. The summed E-state index contributed by atoms with van der Waals surface area (Å²) in [6.07, 6.45) is 4.59. The number of methoxy groups -OCH3 is 1. The third kappa shape index (κ3) is 5.01. The zero-order chi connectivity index (χ0) is 25.2. The lowest BCUT2D eigenvalue weighted by Gasteiger charge is -2.23. The van der Waals surface area contributed by atoms with E-state index < -0.39 is 0 Å². The number of fused-ring (bicyclic) bond motifs is 2. The Morgan fingerprint density at radius 1 is 1.03 bits per heavy atom. The number of nitrogens with one attached hydrogen (secondary N) is 1. The van der Waals surface area contributed by atoms with Gasteiger partial charge in [-0.2, -0.15) is 0 Å². The lowest BCUT2D eigenvalue weighted by atomic mass is 10.1. The lowest BCUT2D eigenvalue weighted by Crippen LogP contribution is -2.28. The highest BCUT2D eigenvalue weighted by molar-refractivity contribution is 5.83. The van der Waals surface area contributed by atoms with Crippen LogP contribution in [0.1, 0.15) is 48.7 Å². The zero-order valence-electron chi connectivity index (χ0n) is 20.9. The number of benzene rings is 2. The van der Waals surface area contributed by atoms with Crippen LogP contribution in [0.2, 0.25) is 0 Å². The molecule has 1 aliphatic heterocycles. The van der Waals surface area contributed by atoms with Gasteiger partial charge in [-0.05, 0) is 53.1 Å². The molecule has 0 amide bonds. The number of H-pyrrole nitrogens is 1. The van der Waals surface area contributed by atoms with Crippen molar-refractivity contribution in [3.05, 3.63) is 69.8 Å². The molecular formula is C27H30N6O4. The van der Waals surface area contributed by atoms with Gasteiger partial charge in [0.15, 0.2) is 17.3 Å². The van der Waals surface area contributed by atoms with Crippen LogP contribution in [0.15, 0.2) is 47.3 Å². The minimum Gasteiger partial charge on any atom is -0.497 e. The summed E-state index contributed by atoms with van der Waals surface area (Å²) in [7, 11) is 1.66. The fourth-order valence-electron chi connectivity index (χ4n) is 5.25. The van der Waals surface area contributed by atoms with Crippen molar-refractivity contribution in [2.24, 2.45) is 0 Å². The molecule has 0 spiro atoms. The van der Waals surface area contributed by atoms with Crippen LogP contribution in [0.4, 0.5) is 0 Å². The van der Waals surface area contributed by atoms with Crippen LogP contribution in [-0.4, -0.2) is 50.4 Å². The fraction of sp³-hybridized carbons (Fsp3) is 0.407. The summed E-state index contributed by atoms with van der Waals surface area (Å²) in [6.45, 7) is 2.60. The van der Waals surface area contributed by atoms with Crippen molar-refractivity contribution in [3.8, 4) is 17.2 Å². The van der Waals surface area contributed by atoms with E-state index >= 15 is 0 Å². The van der Waals surface area contributed by atoms with Gasteiger partial charge in [-0.25, -0.2) is 4.68 Å². The Hall–Kier alpha value is -3.92. The summed E-state index contributed by atoms with van der Waals surface area (Å²) >= 11 is 0. The number of ether oxygens (including phenoxy) is 3. The van der Waals surface area contributed by atoms with Crippen molar-refractivity contribution < 1.29 is 14.2 Å². The number of aromatic amines is 1. The van der Waals surface area contributed by atoms with E-state index in [1.165, 1.54) is 12.8 Å². The van der Waals surface area contributed by atoms with Crippen molar-refractivity contribution in [3.63, 3.8) is 0 Å². The normalized spacial score (nSPS) is 15.5. The highest BCUT2D eigenvalue weighted by Crippen LogP contribution is 2.34. The summed E-state index contributed by atoms with van der Waals surface area (Å²) in [4.78, 5) is 18.4. The van der Waals surface area contributed by atoms with E-state index in [0.29, 0.717) is 56.0 Å². The van der Waals surface area contributed by atoms with Gasteiger partial charge in [0, 0.05) is 30.1 Å². The molecule has 1 fully saturated rings. The molecular weight excluding hydrogens is 472 g/mol. The summed E-state index contributed by atoms with van der Waals surface area (Å²) < 4.78 is 18.7. The largest absolute Gasteiger partial charge is 0.497 e. The lowest BCUT2D eigenvalue weighted by molar-refractivity contribution is 0.172. The van der Waals surface area contributed by atoms with Crippen molar-refractivity contribution in [1.29, 1.82) is 0 Å². The molecule has 2 aliphatic rings.